The second-order valence-corrected chi connectivity index (χ2v) is 6.12. The number of carbonyl (C=O) groups is 1. The second-order valence-electron chi connectivity index (χ2n) is 6.12. The topological polar surface area (TPSA) is 55.1 Å². The Labute approximate surface area is 141 Å². The van der Waals surface area contributed by atoms with Crippen LogP contribution < -0.4 is 5.32 Å². The Morgan fingerprint density at radius 3 is 2.58 bits per heavy atom. The van der Waals surface area contributed by atoms with Crippen molar-refractivity contribution in [3.05, 3.63) is 65.0 Å². The van der Waals surface area contributed by atoms with Crippen LogP contribution in [0.5, 0.6) is 0 Å². The second kappa shape index (κ2) is 7.30. The maximum Gasteiger partial charge on any atom is 0.220 e. The lowest BCUT2D eigenvalue weighted by Crippen LogP contribution is -2.25. The van der Waals surface area contributed by atoms with Crippen LogP contribution in [0.3, 0.4) is 0 Å². The molecule has 0 aliphatic heterocycles. The molecule has 124 valence electrons. The highest BCUT2D eigenvalue weighted by atomic mass is 16.3. The van der Waals surface area contributed by atoms with Crippen molar-refractivity contribution in [1.29, 1.82) is 0 Å². The number of amides is 1. The van der Waals surface area contributed by atoms with Gasteiger partial charge in [-0.3, -0.25) is 4.79 Å². The van der Waals surface area contributed by atoms with Crippen LogP contribution in [0.15, 0.2) is 46.9 Å². The van der Waals surface area contributed by atoms with Crippen LogP contribution in [-0.4, -0.2) is 17.4 Å². The highest BCUT2D eigenvalue weighted by molar-refractivity contribution is 5.76. The molecule has 4 nitrogen and oxygen atoms in total. The Kier molecular flexibility index (Phi) is 4.94. The molecule has 0 unspecified atom stereocenters. The van der Waals surface area contributed by atoms with Gasteiger partial charge < -0.3 is 9.73 Å². The molecule has 1 N–H and O–H groups in total. The summed E-state index contributed by atoms with van der Waals surface area (Å²) < 4.78 is 5.47. The van der Waals surface area contributed by atoms with Crippen LogP contribution in [0.25, 0.3) is 11.1 Å². The lowest BCUT2D eigenvalue weighted by atomic mass is 10.1. The summed E-state index contributed by atoms with van der Waals surface area (Å²) in [6.45, 7) is 4.54. The van der Waals surface area contributed by atoms with E-state index in [0.717, 1.165) is 29.5 Å². The van der Waals surface area contributed by atoms with Gasteiger partial charge in [-0.2, -0.15) is 0 Å². The minimum absolute atomic E-state index is 0.0916. The fraction of sp³-hybridized carbons (Fsp3) is 0.300. The zero-order valence-corrected chi connectivity index (χ0v) is 14.1. The number of nitrogens with zero attached hydrogens (tertiary/aromatic N) is 1. The number of rotatable bonds is 6. The summed E-state index contributed by atoms with van der Waals surface area (Å²) in [6, 6.07) is 14.3. The van der Waals surface area contributed by atoms with Crippen LogP contribution in [0.4, 0.5) is 0 Å². The first-order valence-electron chi connectivity index (χ1n) is 8.28. The summed E-state index contributed by atoms with van der Waals surface area (Å²) in [7, 11) is 0. The van der Waals surface area contributed by atoms with Crippen LogP contribution >= 0.6 is 0 Å². The van der Waals surface area contributed by atoms with Crippen molar-refractivity contribution < 1.29 is 9.21 Å². The zero-order chi connectivity index (χ0) is 16.9. The van der Waals surface area contributed by atoms with E-state index in [1.54, 1.807) is 0 Å². The van der Waals surface area contributed by atoms with E-state index in [0.29, 0.717) is 18.9 Å². The summed E-state index contributed by atoms with van der Waals surface area (Å²) in [5, 5.41) is 2.98. The fourth-order valence-corrected chi connectivity index (χ4v) is 2.69. The number of hydrogen-bond acceptors (Lipinski definition) is 3. The van der Waals surface area contributed by atoms with E-state index >= 15 is 0 Å². The zero-order valence-electron chi connectivity index (χ0n) is 14.1. The number of fused-ring (bicyclic) bond motifs is 1. The van der Waals surface area contributed by atoms with E-state index < -0.39 is 0 Å². The normalized spacial score (nSPS) is 10.9. The molecule has 0 radical (unpaired) electrons. The van der Waals surface area contributed by atoms with E-state index in [-0.39, 0.29) is 5.91 Å². The number of aromatic nitrogens is 1. The third-order valence-electron chi connectivity index (χ3n) is 4.06. The molecule has 24 heavy (non-hydrogen) atoms. The van der Waals surface area contributed by atoms with Crippen LogP contribution in [0, 0.1) is 13.8 Å². The molecule has 0 aliphatic carbocycles. The van der Waals surface area contributed by atoms with Crippen molar-refractivity contribution in [1.82, 2.24) is 10.3 Å². The van der Waals surface area contributed by atoms with Crippen molar-refractivity contribution in [3.8, 4) is 0 Å². The Hall–Kier alpha value is -2.62. The minimum Gasteiger partial charge on any atom is -0.441 e. The summed E-state index contributed by atoms with van der Waals surface area (Å²) >= 11 is 0. The average Bonchev–Trinajstić information content (AvgIpc) is 2.93. The SMILES string of the molecule is Cc1ccc(CCC(=O)NCCc2ccc3oc(C)nc3c2)cc1. The van der Waals surface area contributed by atoms with Gasteiger partial charge in [0.15, 0.2) is 11.5 Å². The number of aryl methyl sites for hydroxylation is 3. The van der Waals surface area contributed by atoms with Gasteiger partial charge in [0.1, 0.15) is 5.52 Å². The Bertz CT molecular complexity index is 834. The molecule has 0 bridgehead atoms. The van der Waals surface area contributed by atoms with Gasteiger partial charge in [-0.15, -0.1) is 0 Å². The smallest absolute Gasteiger partial charge is 0.220 e. The van der Waals surface area contributed by atoms with Gasteiger partial charge in [0.05, 0.1) is 0 Å². The predicted molar refractivity (Wildman–Crippen MR) is 95.0 cm³/mol. The lowest BCUT2D eigenvalue weighted by molar-refractivity contribution is -0.121. The summed E-state index contributed by atoms with van der Waals surface area (Å²) in [5.74, 6) is 0.764. The molecule has 0 saturated carbocycles. The molecule has 0 saturated heterocycles. The molecular weight excluding hydrogens is 300 g/mol. The summed E-state index contributed by atoms with van der Waals surface area (Å²) in [6.07, 6.45) is 2.08. The largest absolute Gasteiger partial charge is 0.441 e. The third-order valence-corrected chi connectivity index (χ3v) is 4.06. The minimum atomic E-state index is 0.0916. The highest BCUT2D eigenvalue weighted by Gasteiger charge is 2.05. The summed E-state index contributed by atoms with van der Waals surface area (Å²) in [5.41, 5.74) is 5.26. The molecule has 4 heteroatoms. The lowest BCUT2D eigenvalue weighted by Gasteiger charge is -2.06. The average molecular weight is 322 g/mol. The first kappa shape index (κ1) is 16.2. The van der Waals surface area contributed by atoms with Crippen molar-refractivity contribution >= 4 is 17.0 Å². The summed E-state index contributed by atoms with van der Waals surface area (Å²) in [4.78, 5) is 16.3. The van der Waals surface area contributed by atoms with Crippen LogP contribution in [0.1, 0.15) is 29.0 Å². The third kappa shape index (κ3) is 4.22. The van der Waals surface area contributed by atoms with E-state index in [4.69, 9.17) is 4.42 Å². The predicted octanol–water partition coefficient (Wildman–Crippen LogP) is 3.74. The Balaban J connectivity index is 1.44. The van der Waals surface area contributed by atoms with Crippen LogP contribution in [-0.2, 0) is 17.6 Å². The van der Waals surface area contributed by atoms with Crippen molar-refractivity contribution in [2.75, 3.05) is 6.54 Å². The van der Waals surface area contributed by atoms with Crippen molar-refractivity contribution in [2.45, 2.75) is 33.1 Å². The maximum atomic E-state index is 12.0. The molecule has 3 aromatic rings. The number of carbonyl (C=O) groups excluding carboxylic acids is 1. The molecule has 3 rings (SSSR count). The van der Waals surface area contributed by atoms with Gasteiger partial charge in [0.2, 0.25) is 5.91 Å². The Morgan fingerprint density at radius 2 is 1.79 bits per heavy atom. The number of oxazole rings is 1. The first-order chi connectivity index (χ1) is 11.6. The molecule has 0 spiro atoms. The van der Waals surface area contributed by atoms with Gasteiger partial charge in [-0.05, 0) is 43.0 Å². The van der Waals surface area contributed by atoms with Gasteiger partial charge in [-0.1, -0.05) is 35.9 Å². The number of hydrogen-bond donors (Lipinski definition) is 1. The number of nitrogens with one attached hydrogen (secondary N) is 1. The van der Waals surface area contributed by atoms with Crippen molar-refractivity contribution in [2.24, 2.45) is 0 Å². The maximum absolute atomic E-state index is 12.0. The van der Waals surface area contributed by atoms with Gasteiger partial charge >= 0.3 is 0 Å². The molecule has 0 atom stereocenters. The molecule has 0 aliphatic rings. The van der Waals surface area contributed by atoms with E-state index in [2.05, 4.69) is 41.5 Å². The highest BCUT2D eigenvalue weighted by Crippen LogP contribution is 2.16. The van der Waals surface area contributed by atoms with E-state index in [9.17, 15) is 4.79 Å². The monoisotopic (exact) mass is 322 g/mol. The fourth-order valence-electron chi connectivity index (χ4n) is 2.69. The van der Waals surface area contributed by atoms with E-state index in [1.807, 2.05) is 25.1 Å². The van der Waals surface area contributed by atoms with Gasteiger partial charge in [-0.25, -0.2) is 4.98 Å². The van der Waals surface area contributed by atoms with E-state index in [1.165, 1.54) is 11.1 Å². The molecule has 1 aromatic heterocycles. The number of benzene rings is 2. The molecule has 1 heterocycles. The molecular formula is C20H22N2O2. The first-order valence-corrected chi connectivity index (χ1v) is 8.28. The Morgan fingerprint density at radius 1 is 1.04 bits per heavy atom. The standard InChI is InChI=1S/C20H22N2O2/c1-14-3-5-16(6-4-14)8-10-20(23)21-12-11-17-7-9-19-18(13-17)22-15(2)24-19/h3-7,9,13H,8,10-12H2,1-2H3,(H,21,23). The van der Waals surface area contributed by atoms with Gasteiger partial charge in [0.25, 0.3) is 0 Å². The quantitative estimate of drug-likeness (QED) is 0.752. The van der Waals surface area contributed by atoms with Gasteiger partial charge in [0, 0.05) is 19.9 Å². The van der Waals surface area contributed by atoms with Crippen LogP contribution in [0.2, 0.25) is 0 Å². The molecule has 2 aromatic carbocycles. The molecule has 0 fully saturated rings. The molecule has 1 amide bonds. The van der Waals surface area contributed by atoms with Crippen molar-refractivity contribution in [3.63, 3.8) is 0 Å².